The average Bonchev–Trinajstić information content (AvgIpc) is 3.09. The third kappa shape index (κ3) is 2.77. The molecule has 1 saturated carbocycles. The molecule has 3 rings (SSSR count). The lowest BCUT2D eigenvalue weighted by Crippen LogP contribution is -2.29. The van der Waals surface area contributed by atoms with Crippen LogP contribution in [-0.4, -0.2) is 40.4 Å². The van der Waals surface area contributed by atoms with Crippen molar-refractivity contribution in [3.8, 4) is 0 Å². The van der Waals surface area contributed by atoms with E-state index in [1.165, 1.54) is 43.6 Å². The van der Waals surface area contributed by atoms with E-state index in [1.807, 2.05) is 11.7 Å². The second kappa shape index (κ2) is 5.49. The van der Waals surface area contributed by atoms with Gasteiger partial charge >= 0.3 is 0 Å². The fourth-order valence-corrected chi connectivity index (χ4v) is 3.66. The number of likely N-dealkylation sites (tertiary alicyclic amines) is 1. The molecule has 1 aromatic rings. The van der Waals surface area contributed by atoms with E-state index < -0.39 is 0 Å². The number of aromatic nitrogens is 2. The molecule has 0 spiro atoms. The standard InChI is InChI=1S/C16H28N4/c1-11(16-12(2)18-19(4)13(16)3)17-9-14-7-8-20(10-14)15-5-6-15/h11,14-15,17H,5-10H2,1-4H3. The Morgan fingerprint density at radius 1 is 1.30 bits per heavy atom. The van der Waals surface area contributed by atoms with Crippen LogP contribution in [0.15, 0.2) is 0 Å². The van der Waals surface area contributed by atoms with Gasteiger partial charge in [0.15, 0.2) is 0 Å². The summed E-state index contributed by atoms with van der Waals surface area (Å²) in [7, 11) is 2.03. The molecule has 1 N–H and O–H groups in total. The molecule has 2 aliphatic rings. The number of nitrogens with zero attached hydrogens (tertiary/aromatic N) is 3. The number of rotatable bonds is 5. The molecule has 0 aromatic carbocycles. The topological polar surface area (TPSA) is 33.1 Å². The van der Waals surface area contributed by atoms with Crippen molar-refractivity contribution in [3.63, 3.8) is 0 Å². The zero-order valence-corrected chi connectivity index (χ0v) is 13.3. The minimum Gasteiger partial charge on any atom is -0.310 e. The second-order valence-electron chi connectivity index (χ2n) is 6.72. The quantitative estimate of drug-likeness (QED) is 0.895. The van der Waals surface area contributed by atoms with Gasteiger partial charge in [0, 0.05) is 36.9 Å². The molecule has 2 fully saturated rings. The highest BCUT2D eigenvalue weighted by atomic mass is 15.3. The van der Waals surface area contributed by atoms with Crippen LogP contribution >= 0.6 is 0 Å². The maximum Gasteiger partial charge on any atom is 0.0644 e. The molecule has 1 aliphatic carbocycles. The molecule has 2 unspecified atom stereocenters. The first-order chi connectivity index (χ1) is 9.56. The van der Waals surface area contributed by atoms with Gasteiger partial charge < -0.3 is 10.2 Å². The van der Waals surface area contributed by atoms with Gasteiger partial charge in [0.05, 0.1) is 5.69 Å². The van der Waals surface area contributed by atoms with E-state index >= 15 is 0 Å². The van der Waals surface area contributed by atoms with Gasteiger partial charge in [0.2, 0.25) is 0 Å². The predicted molar refractivity (Wildman–Crippen MR) is 81.8 cm³/mol. The summed E-state index contributed by atoms with van der Waals surface area (Å²) in [5.74, 6) is 0.829. The van der Waals surface area contributed by atoms with Crippen LogP contribution in [0.3, 0.4) is 0 Å². The fourth-order valence-electron chi connectivity index (χ4n) is 3.66. The van der Waals surface area contributed by atoms with Crippen molar-refractivity contribution in [1.29, 1.82) is 0 Å². The monoisotopic (exact) mass is 276 g/mol. The molecule has 4 nitrogen and oxygen atoms in total. The molecule has 0 amide bonds. The summed E-state index contributed by atoms with van der Waals surface area (Å²) in [6.45, 7) is 10.3. The van der Waals surface area contributed by atoms with Gasteiger partial charge in [-0.05, 0) is 59.0 Å². The number of hydrogen-bond acceptors (Lipinski definition) is 3. The first-order valence-corrected chi connectivity index (χ1v) is 8.03. The van der Waals surface area contributed by atoms with Crippen LogP contribution in [0.5, 0.6) is 0 Å². The van der Waals surface area contributed by atoms with E-state index in [-0.39, 0.29) is 0 Å². The molecule has 1 aromatic heterocycles. The normalized spacial score (nSPS) is 25.3. The lowest BCUT2D eigenvalue weighted by molar-refractivity contribution is 0.310. The highest BCUT2D eigenvalue weighted by Gasteiger charge is 2.34. The van der Waals surface area contributed by atoms with E-state index in [0.29, 0.717) is 6.04 Å². The van der Waals surface area contributed by atoms with E-state index in [4.69, 9.17) is 0 Å². The van der Waals surface area contributed by atoms with Gasteiger partial charge in [-0.25, -0.2) is 0 Å². The van der Waals surface area contributed by atoms with Crippen molar-refractivity contribution in [3.05, 3.63) is 17.0 Å². The Hall–Kier alpha value is -0.870. The minimum absolute atomic E-state index is 0.402. The number of nitrogens with one attached hydrogen (secondary N) is 1. The fraction of sp³-hybridized carbons (Fsp3) is 0.812. The van der Waals surface area contributed by atoms with Gasteiger partial charge in [-0.1, -0.05) is 0 Å². The molecular formula is C16H28N4. The van der Waals surface area contributed by atoms with Crippen molar-refractivity contribution in [2.24, 2.45) is 13.0 Å². The van der Waals surface area contributed by atoms with Crippen LogP contribution in [0.1, 0.15) is 49.2 Å². The Morgan fingerprint density at radius 2 is 2.05 bits per heavy atom. The van der Waals surface area contributed by atoms with Gasteiger partial charge in [-0.3, -0.25) is 4.68 Å². The predicted octanol–water partition coefficient (Wildman–Crippen LogP) is 2.17. The zero-order valence-electron chi connectivity index (χ0n) is 13.3. The molecule has 1 aliphatic heterocycles. The Bertz CT molecular complexity index is 475. The first-order valence-electron chi connectivity index (χ1n) is 8.03. The summed E-state index contributed by atoms with van der Waals surface area (Å²) < 4.78 is 1.99. The molecule has 2 atom stereocenters. The van der Waals surface area contributed by atoms with Crippen LogP contribution in [0.2, 0.25) is 0 Å². The second-order valence-corrected chi connectivity index (χ2v) is 6.72. The summed E-state index contributed by atoms with van der Waals surface area (Å²) in [5.41, 5.74) is 3.83. The van der Waals surface area contributed by atoms with Crippen LogP contribution in [0.25, 0.3) is 0 Å². The zero-order chi connectivity index (χ0) is 14.3. The lowest BCUT2D eigenvalue weighted by Gasteiger charge is -2.19. The highest BCUT2D eigenvalue weighted by molar-refractivity contribution is 5.27. The Balaban J connectivity index is 1.53. The lowest BCUT2D eigenvalue weighted by atomic mass is 10.0. The van der Waals surface area contributed by atoms with E-state index in [9.17, 15) is 0 Å². The third-order valence-electron chi connectivity index (χ3n) is 5.09. The van der Waals surface area contributed by atoms with Crippen molar-refractivity contribution in [2.45, 2.75) is 52.1 Å². The summed E-state index contributed by atoms with van der Waals surface area (Å²) in [6.07, 6.45) is 4.23. The molecule has 2 heterocycles. The SMILES string of the molecule is Cc1nn(C)c(C)c1C(C)NCC1CCN(C2CC2)C1. The van der Waals surface area contributed by atoms with E-state index in [1.54, 1.807) is 0 Å². The van der Waals surface area contributed by atoms with Crippen LogP contribution in [0, 0.1) is 19.8 Å². The molecule has 112 valence electrons. The maximum absolute atomic E-state index is 4.52. The van der Waals surface area contributed by atoms with Crippen molar-refractivity contribution >= 4 is 0 Å². The van der Waals surface area contributed by atoms with Crippen molar-refractivity contribution in [1.82, 2.24) is 20.0 Å². The van der Waals surface area contributed by atoms with Gasteiger partial charge in [-0.2, -0.15) is 5.10 Å². The Kier molecular flexibility index (Phi) is 3.87. The minimum atomic E-state index is 0.402. The summed E-state index contributed by atoms with van der Waals surface area (Å²) in [4.78, 5) is 2.69. The number of aryl methyl sites for hydroxylation is 2. The molecular weight excluding hydrogens is 248 g/mol. The maximum atomic E-state index is 4.52. The Morgan fingerprint density at radius 3 is 2.65 bits per heavy atom. The molecule has 4 heteroatoms. The smallest absolute Gasteiger partial charge is 0.0644 e. The Labute approximate surface area is 122 Å². The molecule has 1 saturated heterocycles. The third-order valence-corrected chi connectivity index (χ3v) is 5.09. The largest absolute Gasteiger partial charge is 0.310 e. The first kappa shape index (κ1) is 14.1. The van der Waals surface area contributed by atoms with Gasteiger partial charge in [0.1, 0.15) is 0 Å². The van der Waals surface area contributed by atoms with E-state index in [0.717, 1.165) is 24.2 Å². The van der Waals surface area contributed by atoms with Gasteiger partial charge in [-0.15, -0.1) is 0 Å². The average molecular weight is 276 g/mol. The number of hydrogen-bond donors (Lipinski definition) is 1. The molecule has 0 bridgehead atoms. The molecule has 0 radical (unpaired) electrons. The van der Waals surface area contributed by atoms with Gasteiger partial charge in [0.25, 0.3) is 0 Å². The van der Waals surface area contributed by atoms with Crippen molar-refractivity contribution < 1.29 is 0 Å². The van der Waals surface area contributed by atoms with Crippen molar-refractivity contribution in [2.75, 3.05) is 19.6 Å². The van der Waals surface area contributed by atoms with E-state index in [2.05, 4.69) is 36.1 Å². The summed E-state index contributed by atoms with van der Waals surface area (Å²) >= 11 is 0. The van der Waals surface area contributed by atoms with Crippen LogP contribution < -0.4 is 5.32 Å². The van der Waals surface area contributed by atoms with Crippen LogP contribution in [-0.2, 0) is 7.05 Å². The summed E-state index contributed by atoms with van der Waals surface area (Å²) in [6, 6.07) is 1.33. The van der Waals surface area contributed by atoms with Crippen LogP contribution in [0.4, 0.5) is 0 Å². The highest BCUT2D eigenvalue weighted by Crippen LogP contribution is 2.31. The summed E-state index contributed by atoms with van der Waals surface area (Å²) in [5, 5.41) is 8.26. The molecule has 20 heavy (non-hydrogen) atoms.